The summed E-state index contributed by atoms with van der Waals surface area (Å²) in [4.78, 5) is 0. The largest absolute Gasteiger partial charge is 0.573 e. The topological polar surface area (TPSA) is 18.5 Å². The number of hydrogen-bond donors (Lipinski definition) is 0. The Morgan fingerprint density at radius 3 is 2.24 bits per heavy atom. The molecule has 1 aromatic carbocycles. The molecule has 0 N–H and O–H groups in total. The Kier molecular flexibility index (Phi) is 3.71. The zero-order valence-electron chi connectivity index (χ0n) is 11.4. The van der Waals surface area contributed by atoms with Gasteiger partial charge in [0.2, 0.25) is 5.75 Å². The van der Waals surface area contributed by atoms with Crippen molar-refractivity contribution in [1.82, 2.24) is 0 Å². The van der Waals surface area contributed by atoms with E-state index in [-0.39, 0.29) is 23.3 Å². The fourth-order valence-electron chi connectivity index (χ4n) is 2.75. The van der Waals surface area contributed by atoms with Crippen LogP contribution in [0, 0.1) is 5.82 Å². The summed E-state index contributed by atoms with van der Waals surface area (Å²) in [7, 11) is 0. The summed E-state index contributed by atoms with van der Waals surface area (Å²) in [6.45, 7) is 0. The molecular weight excluding hydrogens is 288 g/mol. The Hall–Kier alpha value is -1.46. The van der Waals surface area contributed by atoms with Crippen LogP contribution in [0.2, 0.25) is 0 Å². The minimum atomic E-state index is -4.93. The van der Waals surface area contributed by atoms with E-state index in [1.807, 2.05) is 0 Å². The van der Waals surface area contributed by atoms with Gasteiger partial charge in [0, 0.05) is 0 Å². The third-order valence-corrected chi connectivity index (χ3v) is 3.92. The number of alkyl halides is 3. The third-order valence-electron chi connectivity index (χ3n) is 3.92. The minimum Gasteiger partial charge on any atom is -0.486 e. The van der Waals surface area contributed by atoms with Gasteiger partial charge >= 0.3 is 6.36 Å². The molecule has 2 saturated carbocycles. The Balaban J connectivity index is 1.91. The summed E-state index contributed by atoms with van der Waals surface area (Å²) in [6, 6.07) is 2.91. The summed E-state index contributed by atoms with van der Waals surface area (Å²) < 4.78 is 61.3. The molecule has 116 valence electrons. The smallest absolute Gasteiger partial charge is 0.486 e. The van der Waals surface area contributed by atoms with Gasteiger partial charge in [-0.15, -0.1) is 13.2 Å². The van der Waals surface area contributed by atoms with Gasteiger partial charge in [-0.1, -0.05) is 6.07 Å². The molecule has 2 aliphatic rings. The van der Waals surface area contributed by atoms with Crippen LogP contribution in [0.5, 0.6) is 11.5 Å². The zero-order chi connectivity index (χ0) is 15.0. The van der Waals surface area contributed by atoms with Crippen LogP contribution in [-0.2, 0) is 0 Å². The average molecular weight is 304 g/mol. The van der Waals surface area contributed by atoms with Crippen LogP contribution in [0.1, 0.15) is 50.0 Å². The van der Waals surface area contributed by atoms with Crippen molar-refractivity contribution in [3.8, 4) is 11.5 Å². The Bertz CT molecular complexity index is 517. The summed E-state index contributed by atoms with van der Waals surface area (Å²) >= 11 is 0. The normalized spacial score (nSPS) is 19.8. The number of benzene rings is 1. The molecule has 2 aliphatic carbocycles. The van der Waals surface area contributed by atoms with Crippen LogP contribution in [0.25, 0.3) is 0 Å². The molecule has 0 heterocycles. The lowest BCUT2D eigenvalue weighted by Gasteiger charge is -2.19. The van der Waals surface area contributed by atoms with E-state index in [1.165, 1.54) is 12.1 Å². The molecule has 0 radical (unpaired) electrons. The number of rotatable bonds is 4. The Morgan fingerprint density at radius 1 is 1.00 bits per heavy atom. The van der Waals surface area contributed by atoms with Gasteiger partial charge in [0.1, 0.15) is 0 Å². The SMILES string of the molecule is Fc1c(C2CC2)ccc(OC2CCCC2)c1OC(F)(F)F. The van der Waals surface area contributed by atoms with Crippen molar-refractivity contribution in [2.24, 2.45) is 0 Å². The minimum absolute atomic E-state index is 0.00103. The van der Waals surface area contributed by atoms with E-state index in [2.05, 4.69) is 4.74 Å². The van der Waals surface area contributed by atoms with E-state index in [9.17, 15) is 17.6 Å². The highest BCUT2D eigenvalue weighted by atomic mass is 19.4. The molecule has 0 aromatic heterocycles. The molecule has 6 heteroatoms. The first-order valence-corrected chi connectivity index (χ1v) is 7.19. The second kappa shape index (κ2) is 5.39. The van der Waals surface area contributed by atoms with E-state index < -0.39 is 17.9 Å². The molecule has 0 amide bonds. The van der Waals surface area contributed by atoms with Crippen molar-refractivity contribution in [1.29, 1.82) is 0 Å². The molecule has 0 atom stereocenters. The monoisotopic (exact) mass is 304 g/mol. The fourth-order valence-corrected chi connectivity index (χ4v) is 2.75. The molecular formula is C15H16F4O2. The lowest BCUT2D eigenvalue weighted by atomic mass is 10.1. The van der Waals surface area contributed by atoms with Crippen molar-refractivity contribution < 1.29 is 27.0 Å². The number of hydrogen-bond acceptors (Lipinski definition) is 2. The number of ether oxygens (including phenoxy) is 2. The van der Waals surface area contributed by atoms with Crippen LogP contribution >= 0.6 is 0 Å². The van der Waals surface area contributed by atoms with Crippen molar-refractivity contribution in [2.45, 2.75) is 56.9 Å². The van der Waals surface area contributed by atoms with Gasteiger partial charge in [-0.2, -0.15) is 0 Å². The second-order valence-electron chi connectivity index (χ2n) is 5.64. The van der Waals surface area contributed by atoms with Gasteiger partial charge in [0.15, 0.2) is 11.6 Å². The van der Waals surface area contributed by atoms with Crippen LogP contribution in [0.3, 0.4) is 0 Å². The zero-order valence-corrected chi connectivity index (χ0v) is 11.4. The lowest BCUT2D eigenvalue weighted by Crippen LogP contribution is -2.20. The third kappa shape index (κ3) is 3.41. The maximum Gasteiger partial charge on any atom is 0.573 e. The second-order valence-corrected chi connectivity index (χ2v) is 5.64. The molecule has 21 heavy (non-hydrogen) atoms. The summed E-state index contributed by atoms with van der Waals surface area (Å²) in [5, 5.41) is 0. The van der Waals surface area contributed by atoms with Crippen LogP contribution in [-0.4, -0.2) is 12.5 Å². The van der Waals surface area contributed by atoms with Crippen molar-refractivity contribution in [2.75, 3.05) is 0 Å². The van der Waals surface area contributed by atoms with Gasteiger partial charge in [0.05, 0.1) is 6.10 Å². The van der Waals surface area contributed by atoms with Gasteiger partial charge in [0.25, 0.3) is 0 Å². The lowest BCUT2D eigenvalue weighted by molar-refractivity contribution is -0.276. The summed E-state index contributed by atoms with van der Waals surface area (Å²) in [5.74, 6) is -1.91. The average Bonchev–Trinajstić information content (AvgIpc) is 3.10. The van der Waals surface area contributed by atoms with Crippen molar-refractivity contribution >= 4 is 0 Å². The highest BCUT2D eigenvalue weighted by Gasteiger charge is 2.37. The Morgan fingerprint density at radius 2 is 1.67 bits per heavy atom. The van der Waals surface area contributed by atoms with Crippen molar-refractivity contribution in [3.63, 3.8) is 0 Å². The molecule has 0 bridgehead atoms. The molecule has 0 saturated heterocycles. The van der Waals surface area contributed by atoms with Gasteiger partial charge in [-0.05, 0) is 56.1 Å². The molecule has 2 fully saturated rings. The standard InChI is InChI=1S/C15H16F4O2/c16-13-11(9-5-6-9)7-8-12(14(13)21-15(17,18)19)20-10-3-1-2-4-10/h7-10H,1-6H2. The van der Waals surface area contributed by atoms with Gasteiger partial charge in [-0.25, -0.2) is 4.39 Å². The Labute approximate surface area is 120 Å². The molecule has 3 rings (SSSR count). The van der Waals surface area contributed by atoms with Crippen LogP contribution in [0.15, 0.2) is 12.1 Å². The highest BCUT2D eigenvalue weighted by molar-refractivity contribution is 5.47. The quantitative estimate of drug-likeness (QED) is 0.735. The first-order chi connectivity index (χ1) is 9.94. The maximum absolute atomic E-state index is 14.3. The van der Waals surface area contributed by atoms with E-state index in [4.69, 9.17) is 4.74 Å². The van der Waals surface area contributed by atoms with E-state index >= 15 is 0 Å². The van der Waals surface area contributed by atoms with E-state index in [0.29, 0.717) is 0 Å². The fraction of sp³-hybridized carbons (Fsp3) is 0.600. The predicted octanol–water partition coefficient (Wildman–Crippen LogP) is 4.92. The molecule has 0 unspecified atom stereocenters. The van der Waals surface area contributed by atoms with E-state index in [1.54, 1.807) is 0 Å². The number of halogens is 4. The molecule has 1 aromatic rings. The summed E-state index contributed by atoms with van der Waals surface area (Å²) in [5.41, 5.74) is 0.285. The van der Waals surface area contributed by atoms with Crippen LogP contribution in [0.4, 0.5) is 17.6 Å². The predicted molar refractivity (Wildman–Crippen MR) is 67.9 cm³/mol. The van der Waals surface area contributed by atoms with Crippen molar-refractivity contribution in [3.05, 3.63) is 23.5 Å². The van der Waals surface area contributed by atoms with E-state index in [0.717, 1.165) is 38.5 Å². The first-order valence-electron chi connectivity index (χ1n) is 7.19. The van der Waals surface area contributed by atoms with Crippen LogP contribution < -0.4 is 9.47 Å². The van der Waals surface area contributed by atoms with Gasteiger partial charge in [-0.3, -0.25) is 0 Å². The maximum atomic E-state index is 14.3. The van der Waals surface area contributed by atoms with Gasteiger partial charge < -0.3 is 9.47 Å². The first kappa shape index (κ1) is 14.5. The highest BCUT2D eigenvalue weighted by Crippen LogP contribution is 2.46. The molecule has 0 aliphatic heterocycles. The molecule has 0 spiro atoms. The summed E-state index contributed by atoms with van der Waals surface area (Å²) in [6.07, 6.45) is -0.0000359. The molecule has 2 nitrogen and oxygen atoms in total.